The van der Waals surface area contributed by atoms with E-state index in [0.717, 1.165) is 59.8 Å². The van der Waals surface area contributed by atoms with Crippen LogP contribution < -0.4 is 0 Å². The van der Waals surface area contributed by atoms with Crippen molar-refractivity contribution in [3.63, 3.8) is 0 Å². The van der Waals surface area contributed by atoms with E-state index in [9.17, 15) is 19.2 Å². The van der Waals surface area contributed by atoms with Crippen molar-refractivity contribution in [2.24, 2.45) is 5.92 Å². The number of rotatable bonds is 24. The second-order valence-corrected chi connectivity index (χ2v) is 21.9. The summed E-state index contributed by atoms with van der Waals surface area (Å²) in [5, 5.41) is 0. The van der Waals surface area contributed by atoms with E-state index in [-0.39, 0.29) is 24.5 Å². The average Bonchev–Trinajstić information content (AvgIpc) is 0.861. The highest BCUT2D eigenvalue weighted by Crippen LogP contribution is 2.36. The van der Waals surface area contributed by atoms with Gasteiger partial charge in [-0.15, -0.1) is 0 Å². The van der Waals surface area contributed by atoms with E-state index < -0.39 is 5.97 Å². The Morgan fingerprint density at radius 3 is 0.769 bits per heavy atom. The summed E-state index contributed by atoms with van der Waals surface area (Å²) < 4.78 is 20.2. The summed E-state index contributed by atoms with van der Waals surface area (Å²) in [6, 6.07) is 68.4. The summed E-state index contributed by atoms with van der Waals surface area (Å²) in [7, 11) is 0. The summed E-state index contributed by atoms with van der Waals surface area (Å²) in [5.41, 5.74) is 19.6. The minimum atomic E-state index is -0.400. The molecule has 0 N–H and O–H groups in total. The Balaban J connectivity index is -0.00000133. The number of carbonyl (C=O) groups is 4. The zero-order valence-corrected chi connectivity index (χ0v) is 67.9. The van der Waals surface area contributed by atoms with Gasteiger partial charge < -0.3 is 18.9 Å². The summed E-state index contributed by atoms with van der Waals surface area (Å²) in [6.45, 7) is 55.3. The predicted octanol–water partition coefficient (Wildman–Crippen LogP) is 25.9. The lowest BCUT2D eigenvalue weighted by Gasteiger charge is -2.26. The lowest BCUT2D eigenvalue weighted by atomic mass is 9.79. The van der Waals surface area contributed by atoms with Crippen molar-refractivity contribution in [1.82, 2.24) is 0 Å². The highest BCUT2D eigenvalue weighted by molar-refractivity contribution is 5.82. The summed E-state index contributed by atoms with van der Waals surface area (Å²) in [6.07, 6.45) is 15.0. The van der Waals surface area contributed by atoms with Crippen LogP contribution in [0.4, 0.5) is 0 Å². The lowest BCUT2D eigenvalue weighted by Crippen LogP contribution is -2.10. The Labute approximate surface area is 633 Å². The van der Waals surface area contributed by atoms with Crippen molar-refractivity contribution < 1.29 is 38.1 Å². The van der Waals surface area contributed by atoms with Gasteiger partial charge in [0.1, 0.15) is 13.2 Å². The van der Waals surface area contributed by atoms with Gasteiger partial charge in [0.2, 0.25) is 0 Å². The third-order valence-electron chi connectivity index (χ3n) is 15.3. The largest absolute Gasteiger partial charge is 0.462 e. The minimum Gasteiger partial charge on any atom is -0.462 e. The molecule has 1 aliphatic carbocycles. The van der Waals surface area contributed by atoms with Gasteiger partial charge in [0.25, 0.3) is 0 Å². The van der Waals surface area contributed by atoms with E-state index in [4.69, 9.17) is 18.9 Å². The smallest absolute Gasteiger partial charge is 0.330 e. The third kappa shape index (κ3) is 42.9. The van der Waals surface area contributed by atoms with E-state index in [1.807, 2.05) is 149 Å². The molecule has 0 heterocycles. The molecule has 566 valence electrons. The summed E-state index contributed by atoms with van der Waals surface area (Å²) in [5.74, 6) is 0.0811. The monoisotopic (exact) mass is 1420 g/mol. The van der Waals surface area contributed by atoms with Gasteiger partial charge in [-0.1, -0.05) is 370 Å². The standard InChI is InChI=1S/C30H30O4.C24H28O2.C24H22O2.9C2H6/c1-3-29(31)33-19-17-23-5-9-25(10-6-23)21-27-13-15-28(16-14-27)22-26-11-7-24(8-12-26)18-20-34-30(32)4-2;2*1-3-24(25)26-17-21-8-6-19(7-9-21)16-20-10-14-23(15-11-20)22-12-4-18(2)5-13-22;9*1-2/h3-16H,1-2,17-22H2;3,6-11,14-15,18,22H,1,4-5,12-13,16-17H2,2H3;3-15H,1,16-17H2,2H3;9*1-2H3. The molecule has 104 heavy (non-hydrogen) atoms. The first-order valence-electron chi connectivity index (χ1n) is 38.6. The van der Waals surface area contributed by atoms with Gasteiger partial charge in [-0.2, -0.15) is 0 Å². The Morgan fingerprint density at radius 2 is 0.510 bits per heavy atom. The van der Waals surface area contributed by atoms with Gasteiger partial charge in [0.05, 0.1) is 13.2 Å². The lowest BCUT2D eigenvalue weighted by molar-refractivity contribution is -0.139. The molecule has 8 aromatic rings. The molecule has 9 rings (SSSR count). The molecule has 0 unspecified atom stereocenters. The highest BCUT2D eigenvalue weighted by atomic mass is 16.5. The SMILES string of the molecule is C=CC(=O)OCCc1ccc(Cc2ccc(Cc3ccc(CCOC(=O)C=C)cc3)cc2)cc1.C=CC(=O)OCc1ccc(Cc2ccc(-c3ccc(C)cc3)cc2)cc1.C=CC(=O)OCc1ccc(Cc2ccc(C3CCC(C)CC3)cc2)cc1.CC.CC.CC.CC.CC.CC.CC.CC.CC. The van der Waals surface area contributed by atoms with Crippen LogP contribution in [0.1, 0.15) is 241 Å². The average molecular weight is 1420 g/mol. The van der Waals surface area contributed by atoms with Gasteiger partial charge in [-0.3, -0.25) is 0 Å². The van der Waals surface area contributed by atoms with Crippen molar-refractivity contribution >= 4 is 23.9 Å². The van der Waals surface area contributed by atoms with Crippen LogP contribution in [0.3, 0.4) is 0 Å². The van der Waals surface area contributed by atoms with Crippen LogP contribution in [0, 0.1) is 12.8 Å². The topological polar surface area (TPSA) is 105 Å². The number of hydrogen-bond donors (Lipinski definition) is 0. The fourth-order valence-electron chi connectivity index (χ4n) is 10.0. The second kappa shape index (κ2) is 65.6. The molecule has 0 atom stereocenters. The quantitative estimate of drug-likeness (QED) is 0.0335. The molecular weight excluding hydrogens is 1280 g/mol. The molecule has 0 amide bonds. The molecule has 0 spiro atoms. The van der Waals surface area contributed by atoms with E-state index in [1.165, 1.54) is 117 Å². The van der Waals surface area contributed by atoms with Gasteiger partial charge in [-0.05, 0) is 141 Å². The zero-order valence-electron chi connectivity index (χ0n) is 67.9. The molecule has 1 saturated carbocycles. The number of esters is 4. The first-order chi connectivity index (χ1) is 50.8. The molecule has 8 heteroatoms. The van der Waals surface area contributed by atoms with Crippen LogP contribution in [-0.4, -0.2) is 37.1 Å². The Morgan fingerprint density at radius 1 is 0.298 bits per heavy atom. The predicted molar refractivity (Wildman–Crippen MR) is 449 cm³/mol. The van der Waals surface area contributed by atoms with Crippen molar-refractivity contribution in [3.8, 4) is 11.1 Å². The molecule has 8 nitrogen and oxygen atoms in total. The number of benzene rings is 8. The zero-order chi connectivity index (χ0) is 78.9. The first-order valence-corrected chi connectivity index (χ1v) is 38.6. The van der Waals surface area contributed by atoms with Gasteiger partial charge in [-0.25, -0.2) is 19.2 Å². The maximum absolute atomic E-state index is 11.1. The molecule has 8 aromatic carbocycles. The fraction of sp³-hybridized carbons (Fsp3) is 0.375. The first kappa shape index (κ1) is 98.8. The molecule has 0 bridgehead atoms. The molecule has 0 aliphatic heterocycles. The van der Waals surface area contributed by atoms with Crippen molar-refractivity contribution in [2.45, 2.75) is 222 Å². The van der Waals surface area contributed by atoms with Gasteiger partial charge in [0, 0.05) is 37.1 Å². The van der Waals surface area contributed by atoms with Crippen molar-refractivity contribution in [1.29, 1.82) is 0 Å². The molecular formula is C96H134O8. The Kier molecular flexibility index (Phi) is 62.3. The highest BCUT2D eigenvalue weighted by Gasteiger charge is 2.19. The van der Waals surface area contributed by atoms with E-state index in [1.54, 1.807) is 0 Å². The second-order valence-electron chi connectivity index (χ2n) is 21.9. The third-order valence-corrected chi connectivity index (χ3v) is 15.3. The maximum Gasteiger partial charge on any atom is 0.330 e. The molecule has 0 aromatic heterocycles. The van der Waals surface area contributed by atoms with E-state index in [0.29, 0.717) is 32.7 Å². The fourth-order valence-corrected chi connectivity index (χ4v) is 10.0. The molecule has 0 saturated heterocycles. The van der Waals surface area contributed by atoms with Crippen LogP contribution in [0.15, 0.2) is 245 Å². The molecule has 0 radical (unpaired) electrons. The summed E-state index contributed by atoms with van der Waals surface area (Å²) >= 11 is 0. The van der Waals surface area contributed by atoms with Crippen LogP contribution in [0.2, 0.25) is 0 Å². The van der Waals surface area contributed by atoms with Crippen LogP contribution in [-0.2, 0) is 89.9 Å². The molecule has 1 fully saturated rings. The summed E-state index contributed by atoms with van der Waals surface area (Å²) in [4.78, 5) is 44.4. The van der Waals surface area contributed by atoms with Crippen LogP contribution >= 0.6 is 0 Å². The van der Waals surface area contributed by atoms with Gasteiger partial charge in [0.15, 0.2) is 0 Å². The molecule has 1 aliphatic rings. The number of hydrogen-bond acceptors (Lipinski definition) is 8. The van der Waals surface area contributed by atoms with Crippen LogP contribution in [0.5, 0.6) is 0 Å². The number of carbonyl (C=O) groups excluding carboxylic acids is 4. The van der Waals surface area contributed by atoms with Crippen molar-refractivity contribution in [2.75, 3.05) is 13.2 Å². The minimum absolute atomic E-state index is 0.274. The van der Waals surface area contributed by atoms with Gasteiger partial charge >= 0.3 is 23.9 Å². The Bertz CT molecular complexity index is 3330. The normalized spacial score (nSPS) is 11.4. The van der Waals surface area contributed by atoms with E-state index in [2.05, 4.69) is 210 Å². The maximum atomic E-state index is 11.1. The van der Waals surface area contributed by atoms with Crippen LogP contribution in [0.25, 0.3) is 11.1 Å². The van der Waals surface area contributed by atoms with E-state index >= 15 is 0 Å². The number of ether oxygens (including phenoxy) is 4. The van der Waals surface area contributed by atoms with Crippen molar-refractivity contribution in [3.05, 3.63) is 323 Å². The number of aryl methyl sites for hydroxylation is 1. The Hall–Kier alpha value is -9.40.